The Morgan fingerprint density at radius 2 is 1.91 bits per heavy atom. The largest absolute Gasteiger partial charge is 0.496 e. The molecule has 0 aliphatic carbocycles. The van der Waals surface area contributed by atoms with Gasteiger partial charge in [0.25, 0.3) is 5.56 Å². The number of methoxy groups -OCH3 is 1. The van der Waals surface area contributed by atoms with Crippen LogP contribution < -0.4 is 21.7 Å². The van der Waals surface area contributed by atoms with Crippen molar-refractivity contribution in [2.24, 2.45) is 7.05 Å². The minimum absolute atomic E-state index is 0.0281. The molecule has 2 N–H and O–H groups in total. The smallest absolute Gasteiger partial charge is 0.332 e. The van der Waals surface area contributed by atoms with Gasteiger partial charge in [0.05, 0.1) is 13.7 Å². The summed E-state index contributed by atoms with van der Waals surface area (Å²) in [6, 6.07) is 11.6. The van der Waals surface area contributed by atoms with E-state index in [2.05, 4.69) is 0 Å². The Balaban J connectivity index is 1.96. The van der Waals surface area contributed by atoms with Gasteiger partial charge in [-0.2, -0.15) is 0 Å². The Bertz CT molecular complexity index is 1200. The summed E-state index contributed by atoms with van der Waals surface area (Å²) in [5, 5.41) is 1.98. The van der Waals surface area contributed by atoms with Crippen LogP contribution in [0.3, 0.4) is 0 Å². The molecule has 9 heteroatoms. The molecule has 0 aliphatic heterocycles. The van der Waals surface area contributed by atoms with Crippen LogP contribution in [0.4, 0.5) is 5.82 Å². The van der Waals surface area contributed by atoms with E-state index in [1.807, 2.05) is 53.6 Å². The maximum Gasteiger partial charge on any atom is 0.332 e. The molecule has 0 bridgehead atoms. The molecule has 0 fully saturated rings. The van der Waals surface area contributed by atoms with Crippen LogP contribution in [0.1, 0.15) is 34.1 Å². The quantitative estimate of drug-likeness (QED) is 0.471. The van der Waals surface area contributed by atoms with E-state index in [9.17, 15) is 14.4 Å². The van der Waals surface area contributed by atoms with E-state index in [1.54, 1.807) is 18.4 Å². The fourth-order valence-corrected chi connectivity index (χ4v) is 4.38. The molecule has 1 aromatic carbocycles. The zero-order chi connectivity index (χ0) is 23.3. The number of hydrogen-bond acceptors (Lipinski definition) is 7. The number of nitrogen functional groups attached to an aromatic ring is 1. The first-order valence-corrected chi connectivity index (χ1v) is 11.2. The monoisotopic (exact) mass is 456 g/mol. The summed E-state index contributed by atoms with van der Waals surface area (Å²) in [6.07, 6.45) is 0.647. The van der Waals surface area contributed by atoms with Gasteiger partial charge in [-0.15, -0.1) is 11.3 Å². The standard InChI is InChI=1S/C23H28N4O4S/c1-4-11-27-21(24)20(22(29)25(2)23(27)30)18(28)15-26(14-17-9-7-12-32-17)13-16-8-5-6-10-19(16)31-3/h5-10,12H,4,11,13-15,24H2,1-3H3. The molecule has 3 aromatic rings. The van der Waals surface area contributed by atoms with Gasteiger partial charge in [-0.05, 0) is 23.9 Å². The minimum atomic E-state index is -0.668. The van der Waals surface area contributed by atoms with Gasteiger partial charge in [0.15, 0.2) is 5.78 Å². The molecule has 3 rings (SSSR count). The number of benzene rings is 1. The summed E-state index contributed by atoms with van der Waals surface area (Å²) in [5.41, 5.74) is 5.74. The van der Waals surface area contributed by atoms with Crippen molar-refractivity contribution < 1.29 is 9.53 Å². The molecule has 0 saturated carbocycles. The maximum absolute atomic E-state index is 13.3. The number of rotatable bonds is 10. The van der Waals surface area contributed by atoms with E-state index in [-0.39, 0.29) is 17.9 Å². The summed E-state index contributed by atoms with van der Waals surface area (Å²) >= 11 is 1.59. The summed E-state index contributed by atoms with van der Waals surface area (Å²) in [6.45, 7) is 3.17. The third kappa shape index (κ3) is 5.00. The Morgan fingerprint density at radius 1 is 1.16 bits per heavy atom. The van der Waals surface area contributed by atoms with Crippen LogP contribution in [-0.4, -0.2) is 33.5 Å². The second-order valence-electron chi connectivity index (χ2n) is 7.52. The van der Waals surface area contributed by atoms with Gasteiger partial charge >= 0.3 is 5.69 Å². The van der Waals surface area contributed by atoms with Gasteiger partial charge in [0.2, 0.25) is 0 Å². The lowest BCUT2D eigenvalue weighted by atomic mass is 10.1. The van der Waals surface area contributed by atoms with E-state index in [0.29, 0.717) is 26.1 Å². The molecule has 0 amide bonds. The highest BCUT2D eigenvalue weighted by Crippen LogP contribution is 2.22. The van der Waals surface area contributed by atoms with Crippen molar-refractivity contribution in [1.82, 2.24) is 14.0 Å². The third-order valence-electron chi connectivity index (χ3n) is 5.22. The number of para-hydroxylation sites is 1. The number of hydrogen-bond donors (Lipinski definition) is 1. The lowest BCUT2D eigenvalue weighted by Gasteiger charge is -2.23. The molecule has 2 heterocycles. The number of carbonyl (C=O) groups excluding carboxylic acids is 1. The fraction of sp³-hybridized carbons (Fsp3) is 0.348. The van der Waals surface area contributed by atoms with E-state index < -0.39 is 17.0 Å². The summed E-state index contributed by atoms with van der Waals surface area (Å²) in [7, 11) is 2.97. The van der Waals surface area contributed by atoms with Crippen LogP contribution in [0.2, 0.25) is 0 Å². The number of ether oxygens (including phenoxy) is 1. The minimum Gasteiger partial charge on any atom is -0.496 e. The molecule has 0 radical (unpaired) electrons. The maximum atomic E-state index is 13.3. The predicted octanol–water partition coefficient (Wildman–Crippen LogP) is 2.49. The highest BCUT2D eigenvalue weighted by molar-refractivity contribution is 7.09. The van der Waals surface area contributed by atoms with Crippen LogP contribution >= 0.6 is 11.3 Å². The first-order chi connectivity index (χ1) is 15.4. The van der Waals surface area contributed by atoms with Gasteiger partial charge in [-0.1, -0.05) is 31.2 Å². The lowest BCUT2D eigenvalue weighted by molar-refractivity contribution is 0.0918. The summed E-state index contributed by atoms with van der Waals surface area (Å²) < 4.78 is 7.70. The molecule has 32 heavy (non-hydrogen) atoms. The average Bonchev–Trinajstić information content (AvgIpc) is 3.28. The van der Waals surface area contributed by atoms with E-state index in [1.165, 1.54) is 11.6 Å². The van der Waals surface area contributed by atoms with Crippen molar-refractivity contribution in [3.63, 3.8) is 0 Å². The molecule has 2 aromatic heterocycles. The van der Waals surface area contributed by atoms with Crippen LogP contribution in [-0.2, 0) is 26.7 Å². The number of carbonyl (C=O) groups is 1. The normalized spacial score (nSPS) is 11.1. The van der Waals surface area contributed by atoms with Crippen molar-refractivity contribution >= 4 is 22.9 Å². The second kappa shape index (κ2) is 10.4. The topological polar surface area (TPSA) is 99.6 Å². The Hall–Kier alpha value is -3.17. The highest BCUT2D eigenvalue weighted by atomic mass is 32.1. The average molecular weight is 457 g/mol. The van der Waals surface area contributed by atoms with Crippen LogP contribution in [0.15, 0.2) is 51.4 Å². The van der Waals surface area contributed by atoms with Gasteiger partial charge in [0, 0.05) is 37.1 Å². The van der Waals surface area contributed by atoms with E-state index in [4.69, 9.17) is 10.5 Å². The zero-order valence-electron chi connectivity index (χ0n) is 18.5. The van der Waals surface area contributed by atoms with Gasteiger partial charge in [0.1, 0.15) is 17.1 Å². The number of Topliss-reactive ketones (excluding diaryl/α,β-unsaturated/α-hetero) is 1. The van der Waals surface area contributed by atoms with Gasteiger partial charge in [-0.25, -0.2) is 4.79 Å². The molecule has 0 spiro atoms. The number of thiophene rings is 1. The van der Waals surface area contributed by atoms with Crippen LogP contribution in [0, 0.1) is 0 Å². The predicted molar refractivity (Wildman–Crippen MR) is 126 cm³/mol. The molecule has 0 atom stereocenters. The molecule has 170 valence electrons. The number of ketones is 1. The number of aromatic nitrogens is 2. The third-order valence-corrected chi connectivity index (χ3v) is 6.08. The molecule has 0 saturated heterocycles. The van der Waals surface area contributed by atoms with Crippen molar-refractivity contribution in [3.05, 3.63) is 78.6 Å². The van der Waals surface area contributed by atoms with Crippen molar-refractivity contribution in [1.29, 1.82) is 0 Å². The summed E-state index contributed by atoms with van der Waals surface area (Å²) in [4.78, 5) is 41.6. The molecular formula is C23H28N4O4S. The lowest BCUT2D eigenvalue weighted by Crippen LogP contribution is -2.44. The molecular weight excluding hydrogens is 428 g/mol. The SMILES string of the molecule is CCCn1c(N)c(C(=O)CN(Cc2cccs2)Cc2ccccc2OC)c(=O)n(C)c1=O. The van der Waals surface area contributed by atoms with Crippen molar-refractivity contribution in [2.75, 3.05) is 19.4 Å². The van der Waals surface area contributed by atoms with Crippen LogP contribution in [0.25, 0.3) is 0 Å². The first-order valence-electron chi connectivity index (χ1n) is 10.4. The van der Waals surface area contributed by atoms with E-state index >= 15 is 0 Å². The number of anilines is 1. The van der Waals surface area contributed by atoms with Gasteiger partial charge in [-0.3, -0.25) is 23.6 Å². The second-order valence-corrected chi connectivity index (χ2v) is 8.55. The fourth-order valence-electron chi connectivity index (χ4n) is 3.63. The first kappa shape index (κ1) is 23.5. The zero-order valence-corrected chi connectivity index (χ0v) is 19.4. The Labute approximate surface area is 190 Å². The number of nitrogens with zero attached hydrogens (tertiary/aromatic N) is 3. The van der Waals surface area contributed by atoms with E-state index in [0.717, 1.165) is 20.8 Å². The molecule has 8 nitrogen and oxygen atoms in total. The van der Waals surface area contributed by atoms with Gasteiger partial charge < -0.3 is 10.5 Å². The highest BCUT2D eigenvalue weighted by Gasteiger charge is 2.24. The Kier molecular flexibility index (Phi) is 7.66. The Morgan fingerprint density at radius 3 is 2.56 bits per heavy atom. The van der Waals surface area contributed by atoms with Crippen LogP contribution in [0.5, 0.6) is 5.75 Å². The van der Waals surface area contributed by atoms with Crippen molar-refractivity contribution in [3.8, 4) is 5.75 Å². The molecule has 0 unspecified atom stereocenters. The number of nitrogens with two attached hydrogens (primary N) is 1. The van der Waals surface area contributed by atoms with Crippen molar-refractivity contribution in [2.45, 2.75) is 33.0 Å². The molecule has 0 aliphatic rings. The summed E-state index contributed by atoms with van der Waals surface area (Å²) in [5.74, 6) is 0.237.